The molecule has 1 heterocycles. The van der Waals surface area contributed by atoms with Crippen LogP contribution in [0.5, 0.6) is 0 Å². The Balaban J connectivity index is 1.88. The highest BCUT2D eigenvalue weighted by Gasteiger charge is 2.37. The maximum absolute atomic E-state index is 12.8. The van der Waals surface area contributed by atoms with Crippen molar-refractivity contribution in [1.29, 1.82) is 0 Å². The van der Waals surface area contributed by atoms with Gasteiger partial charge in [-0.25, -0.2) is 8.42 Å². The minimum absolute atomic E-state index is 0.123. The second-order valence-corrected chi connectivity index (χ2v) is 8.68. The zero-order valence-corrected chi connectivity index (χ0v) is 14.3. The summed E-state index contributed by atoms with van der Waals surface area (Å²) in [5.74, 6) is -0.123. The average molecular weight is 334 g/mol. The number of nitrogens with zero attached hydrogens (tertiary/aromatic N) is 1. The molecule has 3 rings (SSSR count). The second-order valence-electron chi connectivity index (χ2n) is 6.42. The van der Waals surface area contributed by atoms with E-state index in [9.17, 15) is 13.2 Å². The highest BCUT2D eigenvalue weighted by atomic mass is 32.2. The van der Waals surface area contributed by atoms with E-state index < -0.39 is 15.1 Å². The predicted octanol–water partition coefficient (Wildman–Crippen LogP) is 2.60. The fourth-order valence-corrected chi connectivity index (χ4v) is 5.04. The standard InChI is InChI=1S/C17H22N2O3S/c1-19(15-5-3-4-6-16(15)23(2,21)22)17(20)13-8-7-12-9-10-18-14(12)11-13/h7-11,15-16,18H,3-6H2,1-2H3/t15-,16+/m0/s1. The Labute approximate surface area is 136 Å². The molecule has 124 valence electrons. The molecule has 1 saturated carbocycles. The highest BCUT2D eigenvalue weighted by molar-refractivity contribution is 7.91. The number of carbonyl (C=O) groups excluding carboxylic acids is 1. The lowest BCUT2D eigenvalue weighted by molar-refractivity contribution is 0.0700. The number of fused-ring (bicyclic) bond motifs is 1. The molecule has 1 amide bonds. The van der Waals surface area contributed by atoms with E-state index in [-0.39, 0.29) is 11.9 Å². The van der Waals surface area contributed by atoms with Gasteiger partial charge in [0.2, 0.25) is 0 Å². The molecule has 23 heavy (non-hydrogen) atoms. The van der Waals surface area contributed by atoms with Crippen LogP contribution in [-0.4, -0.2) is 48.8 Å². The van der Waals surface area contributed by atoms with Gasteiger partial charge in [0.1, 0.15) is 0 Å². The van der Waals surface area contributed by atoms with E-state index in [0.29, 0.717) is 12.0 Å². The van der Waals surface area contributed by atoms with Crippen LogP contribution in [0.1, 0.15) is 36.0 Å². The van der Waals surface area contributed by atoms with Crippen LogP contribution in [0.25, 0.3) is 10.9 Å². The third-order valence-corrected chi connectivity index (χ3v) is 6.49. The van der Waals surface area contributed by atoms with Crippen molar-refractivity contribution < 1.29 is 13.2 Å². The Morgan fingerprint density at radius 2 is 1.96 bits per heavy atom. The summed E-state index contributed by atoms with van der Waals surface area (Å²) < 4.78 is 24.1. The zero-order valence-electron chi connectivity index (χ0n) is 13.5. The number of rotatable bonds is 3. The van der Waals surface area contributed by atoms with Crippen LogP contribution in [0.4, 0.5) is 0 Å². The number of benzene rings is 1. The summed E-state index contributed by atoms with van der Waals surface area (Å²) in [6.45, 7) is 0. The molecule has 1 aliphatic rings. The van der Waals surface area contributed by atoms with Gasteiger partial charge in [0.05, 0.1) is 5.25 Å². The number of hydrogen-bond donors (Lipinski definition) is 1. The number of amides is 1. The highest BCUT2D eigenvalue weighted by Crippen LogP contribution is 2.28. The molecule has 0 saturated heterocycles. The molecule has 1 aromatic heterocycles. The predicted molar refractivity (Wildman–Crippen MR) is 91.3 cm³/mol. The smallest absolute Gasteiger partial charge is 0.253 e. The Morgan fingerprint density at radius 3 is 2.70 bits per heavy atom. The number of nitrogens with one attached hydrogen (secondary N) is 1. The first-order valence-corrected chi connectivity index (χ1v) is 9.86. The quantitative estimate of drug-likeness (QED) is 0.938. The molecule has 0 radical (unpaired) electrons. The molecule has 6 heteroatoms. The van der Waals surface area contributed by atoms with Gasteiger partial charge in [-0.2, -0.15) is 0 Å². The molecule has 0 unspecified atom stereocenters. The van der Waals surface area contributed by atoms with E-state index in [2.05, 4.69) is 4.98 Å². The topological polar surface area (TPSA) is 70.2 Å². The molecule has 1 aromatic carbocycles. The van der Waals surface area contributed by atoms with Gasteiger partial charge in [0.25, 0.3) is 5.91 Å². The Hall–Kier alpha value is -1.82. The first-order chi connectivity index (χ1) is 10.9. The monoisotopic (exact) mass is 334 g/mol. The van der Waals surface area contributed by atoms with Crippen molar-refractivity contribution in [2.45, 2.75) is 37.0 Å². The lowest BCUT2D eigenvalue weighted by Gasteiger charge is -2.37. The van der Waals surface area contributed by atoms with Crippen LogP contribution in [0.3, 0.4) is 0 Å². The van der Waals surface area contributed by atoms with Crippen molar-refractivity contribution in [3.63, 3.8) is 0 Å². The molecule has 2 atom stereocenters. The molecule has 2 aromatic rings. The van der Waals surface area contributed by atoms with Crippen molar-refractivity contribution in [2.24, 2.45) is 0 Å². The molecular weight excluding hydrogens is 312 g/mol. The van der Waals surface area contributed by atoms with Crippen LogP contribution in [0.15, 0.2) is 30.5 Å². The maximum atomic E-state index is 12.8. The van der Waals surface area contributed by atoms with Crippen molar-refractivity contribution in [1.82, 2.24) is 9.88 Å². The molecular formula is C17H22N2O3S. The fraction of sp³-hybridized carbons (Fsp3) is 0.471. The van der Waals surface area contributed by atoms with Crippen molar-refractivity contribution in [3.05, 3.63) is 36.0 Å². The minimum atomic E-state index is -3.16. The van der Waals surface area contributed by atoms with Gasteiger partial charge in [-0.3, -0.25) is 4.79 Å². The van der Waals surface area contributed by atoms with E-state index in [4.69, 9.17) is 0 Å². The Kier molecular flexibility index (Phi) is 4.19. The second kappa shape index (κ2) is 6.00. The van der Waals surface area contributed by atoms with Gasteiger partial charge in [0.15, 0.2) is 9.84 Å². The molecule has 1 N–H and O–H groups in total. The first-order valence-electron chi connectivity index (χ1n) is 7.91. The number of sulfone groups is 1. The van der Waals surface area contributed by atoms with E-state index in [0.717, 1.165) is 30.2 Å². The number of hydrogen-bond acceptors (Lipinski definition) is 3. The summed E-state index contributed by atoms with van der Waals surface area (Å²) in [5, 5.41) is 0.593. The summed E-state index contributed by atoms with van der Waals surface area (Å²) in [6.07, 6.45) is 6.36. The van der Waals surface area contributed by atoms with Crippen LogP contribution < -0.4 is 0 Å². The van der Waals surface area contributed by atoms with Gasteiger partial charge >= 0.3 is 0 Å². The summed E-state index contributed by atoms with van der Waals surface area (Å²) in [4.78, 5) is 17.5. The van der Waals surface area contributed by atoms with Gasteiger partial charge < -0.3 is 9.88 Å². The van der Waals surface area contributed by atoms with Crippen LogP contribution in [-0.2, 0) is 9.84 Å². The van der Waals surface area contributed by atoms with Gasteiger partial charge in [-0.05, 0) is 36.4 Å². The third-order valence-electron chi connectivity index (χ3n) is 4.84. The number of H-pyrrole nitrogens is 1. The van der Waals surface area contributed by atoms with E-state index in [1.807, 2.05) is 24.4 Å². The molecule has 0 aliphatic heterocycles. The summed E-state index contributed by atoms with van der Waals surface area (Å²) in [7, 11) is -1.44. The van der Waals surface area contributed by atoms with Gasteiger partial charge in [-0.1, -0.05) is 18.9 Å². The van der Waals surface area contributed by atoms with Crippen molar-refractivity contribution in [3.8, 4) is 0 Å². The van der Waals surface area contributed by atoms with Crippen molar-refractivity contribution >= 4 is 26.6 Å². The summed E-state index contributed by atoms with van der Waals surface area (Å²) in [5.41, 5.74) is 1.49. The summed E-state index contributed by atoms with van der Waals surface area (Å²) in [6, 6.07) is 7.24. The van der Waals surface area contributed by atoms with Crippen LogP contribution in [0.2, 0.25) is 0 Å². The normalized spacial score (nSPS) is 22.2. The largest absolute Gasteiger partial charge is 0.361 e. The molecule has 1 fully saturated rings. The van der Waals surface area contributed by atoms with E-state index >= 15 is 0 Å². The van der Waals surface area contributed by atoms with E-state index in [1.165, 1.54) is 6.26 Å². The molecule has 0 bridgehead atoms. The number of aromatic amines is 1. The summed E-state index contributed by atoms with van der Waals surface area (Å²) >= 11 is 0. The lowest BCUT2D eigenvalue weighted by Crippen LogP contribution is -2.49. The number of aromatic nitrogens is 1. The Morgan fingerprint density at radius 1 is 1.22 bits per heavy atom. The van der Waals surface area contributed by atoms with E-state index in [1.54, 1.807) is 18.0 Å². The fourth-order valence-electron chi connectivity index (χ4n) is 3.55. The first kappa shape index (κ1) is 16.1. The lowest BCUT2D eigenvalue weighted by atomic mass is 9.93. The third kappa shape index (κ3) is 3.13. The minimum Gasteiger partial charge on any atom is -0.361 e. The van der Waals surface area contributed by atoms with Crippen LogP contribution >= 0.6 is 0 Å². The Bertz CT molecular complexity index is 825. The SMILES string of the molecule is CN(C(=O)c1ccc2cc[nH]c2c1)[C@H]1CCCC[C@H]1S(C)(=O)=O. The molecule has 5 nitrogen and oxygen atoms in total. The van der Waals surface area contributed by atoms with Crippen LogP contribution in [0, 0.1) is 0 Å². The zero-order chi connectivity index (χ0) is 16.6. The number of carbonyl (C=O) groups is 1. The maximum Gasteiger partial charge on any atom is 0.253 e. The van der Waals surface area contributed by atoms with Gasteiger partial charge in [0, 0.05) is 36.6 Å². The molecule has 1 aliphatic carbocycles. The van der Waals surface area contributed by atoms with Gasteiger partial charge in [-0.15, -0.1) is 0 Å². The van der Waals surface area contributed by atoms with Crippen molar-refractivity contribution in [2.75, 3.05) is 13.3 Å². The average Bonchev–Trinajstić information content (AvgIpc) is 3.00. The molecule has 0 spiro atoms.